The second kappa shape index (κ2) is 14.1. The first-order chi connectivity index (χ1) is 26.2. The summed E-state index contributed by atoms with van der Waals surface area (Å²) < 4.78 is 77.7. The van der Waals surface area contributed by atoms with Gasteiger partial charge in [-0.2, -0.15) is 13.2 Å². The fourth-order valence-corrected chi connectivity index (χ4v) is 10.00. The minimum Gasteiger partial charge on any atom is -0.483 e. The van der Waals surface area contributed by atoms with Crippen LogP contribution < -0.4 is 14.8 Å². The van der Waals surface area contributed by atoms with E-state index in [0.717, 1.165) is 4.90 Å². The van der Waals surface area contributed by atoms with Crippen LogP contribution in [0.15, 0.2) is 30.4 Å². The van der Waals surface area contributed by atoms with Crippen molar-refractivity contribution in [2.24, 2.45) is 5.92 Å². The van der Waals surface area contributed by atoms with Gasteiger partial charge in [0.1, 0.15) is 23.2 Å². The summed E-state index contributed by atoms with van der Waals surface area (Å²) in [6, 6.07) is 1.00. The van der Waals surface area contributed by atoms with Crippen LogP contribution in [-0.4, -0.2) is 92.7 Å². The fraction of sp³-hybridized carbons (Fsp3) is 0.605. The number of allylic oxidation sites excluding steroid dienone is 1. The maximum Gasteiger partial charge on any atom is 0.437 e. The maximum atomic E-state index is 14.8. The van der Waals surface area contributed by atoms with Crippen LogP contribution in [0.5, 0.6) is 5.75 Å². The highest BCUT2D eigenvalue weighted by Crippen LogP contribution is 2.50. The van der Waals surface area contributed by atoms with Crippen molar-refractivity contribution in [3.05, 3.63) is 46.6 Å². The summed E-state index contributed by atoms with van der Waals surface area (Å²) in [6.07, 6.45) is 0.413. The van der Waals surface area contributed by atoms with Gasteiger partial charge in [0.05, 0.1) is 16.8 Å². The van der Waals surface area contributed by atoms with Crippen LogP contribution in [0.1, 0.15) is 96.2 Å². The van der Waals surface area contributed by atoms with Crippen LogP contribution in [0.4, 0.5) is 18.0 Å². The molecule has 3 aliphatic heterocycles. The number of nitrogens with zero attached hydrogens (tertiary/aromatic N) is 3. The molecule has 2 aromatic rings. The van der Waals surface area contributed by atoms with Crippen LogP contribution in [0, 0.1) is 5.92 Å². The number of hydrogen-bond acceptors (Lipinski definition) is 8. The second-order valence-electron chi connectivity index (χ2n) is 16.4. The summed E-state index contributed by atoms with van der Waals surface area (Å²) in [5, 5.41) is 13.7. The zero-order chi connectivity index (χ0) is 40.6. The van der Waals surface area contributed by atoms with Crippen LogP contribution in [0.2, 0.25) is 5.02 Å². The Kier molecular flexibility index (Phi) is 10.1. The number of aromatic nitrogens is 1. The number of nitrogens with one attached hydrogen (secondary N) is 2. The summed E-state index contributed by atoms with van der Waals surface area (Å²) in [5.41, 5.74) is -4.23. The van der Waals surface area contributed by atoms with Gasteiger partial charge in [-0.3, -0.25) is 24.0 Å². The van der Waals surface area contributed by atoms with Crippen LogP contribution in [0.25, 0.3) is 10.9 Å². The molecule has 0 radical (unpaired) electrons. The molecule has 4 amide bonds. The standard InChI is InChI=1S/C38H45ClF3N5O8S/c1-21(2)47(34(51)52)27-10-8-6-4-5-7-9-22-18-37(22,33(50)45-56(53,54)35(3)15-16-35)44-31(48)28-19-36(20-46(28)32(27)49)14-13-24-25-17-23(39)11-12-26(25)43-30(29(24)55-36)38(40,41)42/h7,9,11-12,17,21-22,27-28H,4-6,8,10,13-16,18-20H2,1-3H3,(H,44,48)(H,45,50)(H,51,52)/b9-7-/t22-,27+,28+,36-,37-/m1/s1. The number of pyridine rings is 1. The van der Waals surface area contributed by atoms with Crippen molar-refractivity contribution >= 4 is 56.3 Å². The monoisotopic (exact) mass is 823 g/mol. The van der Waals surface area contributed by atoms with Gasteiger partial charge in [-0.1, -0.05) is 36.6 Å². The number of rotatable bonds is 5. The number of carbonyl (C=O) groups is 4. The Bertz CT molecular complexity index is 2130. The second-order valence-corrected chi connectivity index (χ2v) is 19.1. The van der Waals surface area contributed by atoms with E-state index in [-0.39, 0.29) is 54.8 Å². The van der Waals surface area contributed by atoms with Crippen molar-refractivity contribution in [2.75, 3.05) is 6.54 Å². The SMILES string of the molecule is CC(C)N(C(=O)O)[C@H]1CCCCC/C=C\[C@@H]2C[C@@]2(C(=O)NS(=O)(=O)C2(C)CC2)NC(=O)[C@@H]2C[C@]3(CCc4c(c(C(F)(F)F)nc5ccc(Cl)cc45)O3)CN2C1=O. The lowest BCUT2D eigenvalue weighted by Crippen LogP contribution is -2.59. The highest BCUT2D eigenvalue weighted by Gasteiger charge is 2.64. The molecule has 1 saturated heterocycles. The minimum atomic E-state index is -4.94. The van der Waals surface area contributed by atoms with Crippen molar-refractivity contribution in [1.29, 1.82) is 0 Å². The van der Waals surface area contributed by atoms with Crippen molar-refractivity contribution in [2.45, 2.75) is 132 Å². The average Bonchev–Trinajstić information content (AvgIpc) is 4.00. The van der Waals surface area contributed by atoms with Gasteiger partial charge in [0, 0.05) is 34.4 Å². The number of halogens is 4. The number of aryl methyl sites for hydroxylation is 1. The predicted octanol–water partition coefficient (Wildman–Crippen LogP) is 5.72. The molecular weight excluding hydrogens is 779 g/mol. The summed E-state index contributed by atoms with van der Waals surface area (Å²) >= 11 is 6.24. The summed E-state index contributed by atoms with van der Waals surface area (Å²) in [6.45, 7) is 4.39. The molecule has 18 heteroatoms. The molecule has 0 bridgehead atoms. The molecule has 13 nitrogen and oxygen atoms in total. The van der Waals surface area contributed by atoms with Gasteiger partial charge in [-0.15, -0.1) is 0 Å². The average molecular weight is 824 g/mol. The first kappa shape index (κ1) is 40.1. The number of hydrogen-bond donors (Lipinski definition) is 3. The van der Waals surface area contributed by atoms with E-state index < -0.39 is 91.4 Å². The lowest BCUT2D eigenvalue weighted by Gasteiger charge is -2.38. The molecule has 5 aliphatic rings. The number of fused-ring (bicyclic) bond motifs is 5. The van der Waals surface area contributed by atoms with Crippen molar-refractivity contribution in [1.82, 2.24) is 24.8 Å². The quantitative estimate of drug-likeness (QED) is 0.319. The third-order valence-electron chi connectivity index (χ3n) is 12.1. The maximum absolute atomic E-state index is 14.8. The third kappa shape index (κ3) is 7.17. The minimum absolute atomic E-state index is 0.0423. The van der Waals surface area contributed by atoms with E-state index in [1.165, 1.54) is 30.0 Å². The fourth-order valence-electron chi connectivity index (χ4n) is 8.51. The molecule has 2 saturated carbocycles. The van der Waals surface area contributed by atoms with Gasteiger partial charge in [0.25, 0.3) is 5.91 Å². The normalized spacial score (nSPS) is 29.6. The molecule has 0 unspecified atom stereocenters. The van der Waals surface area contributed by atoms with E-state index in [1.807, 2.05) is 6.08 Å². The third-order valence-corrected chi connectivity index (χ3v) is 14.5. The predicted molar refractivity (Wildman–Crippen MR) is 198 cm³/mol. The Labute approximate surface area is 327 Å². The Morgan fingerprint density at radius 3 is 2.54 bits per heavy atom. The molecule has 2 aliphatic carbocycles. The van der Waals surface area contributed by atoms with Gasteiger partial charge < -0.3 is 20.1 Å². The molecule has 5 atom stereocenters. The zero-order valence-electron chi connectivity index (χ0n) is 31.2. The molecule has 304 valence electrons. The summed E-state index contributed by atoms with van der Waals surface area (Å²) in [5.74, 6) is -3.61. The summed E-state index contributed by atoms with van der Waals surface area (Å²) in [7, 11) is -4.10. The van der Waals surface area contributed by atoms with Crippen LogP contribution in [-0.2, 0) is 37.0 Å². The topological polar surface area (TPSA) is 175 Å². The zero-order valence-corrected chi connectivity index (χ0v) is 32.8. The number of benzene rings is 1. The van der Waals surface area contributed by atoms with Gasteiger partial charge in [-0.05, 0) is 90.3 Å². The van der Waals surface area contributed by atoms with Crippen LogP contribution >= 0.6 is 11.6 Å². The van der Waals surface area contributed by atoms with Crippen LogP contribution in [0.3, 0.4) is 0 Å². The molecule has 3 fully saturated rings. The number of amides is 4. The van der Waals surface area contributed by atoms with Crippen molar-refractivity contribution < 1.29 is 50.6 Å². The van der Waals surface area contributed by atoms with E-state index >= 15 is 0 Å². The molecule has 1 spiro atoms. The van der Waals surface area contributed by atoms with E-state index in [1.54, 1.807) is 19.9 Å². The van der Waals surface area contributed by atoms with Crippen molar-refractivity contribution in [3.63, 3.8) is 0 Å². The molecule has 1 aromatic carbocycles. The highest BCUT2D eigenvalue weighted by atomic mass is 35.5. The number of ether oxygens (including phenoxy) is 1. The molecular formula is C38H45ClF3N5O8S. The number of carboxylic acid groups (broad SMARTS) is 1. The largest absolute Gasteiger partial charge is 0.483 e. The first-order valence-corrected chi connectivity index (χ1v) is 20.8. The van der Waals surface area contributed by atoms with E-state index in [4.69, 9.17) is 16.3 Å². The molecule has 56 heavy (non-hydrogen) atoms. The summed E-state index contributed by atoms with van der Waals surface area (Å²) in [4.78, 5) is 62.0. The number of alkyl halides is 3. The lowest BCUT2D eigenvalue weighted by molar-refractivity contribution is -0.145. The Morgan fingerprint density at radius 2 is 1.88 bits per heavy atom. The van der Waals surface area contributed by atoms with Gasteiger partial charge >= 0.3 is 12.3 Å². The van der Waals surface area contributed by atoms with Crippen molar-refractivity contribution in [3.8, 4) is 5.75 Å². The van der Waals surface area contributed by atoms with Gasteiger partial charge in [0.2, 0.25) is 21.8 Å². The number of carbonyl (C=O) groups excluding carboxylic acids is 3. The smallest absolute Gasteiger partial charge is 0.437 e. The Hall–Kier alpha value is -4.12. The molecule has 3 N–H and O–H groups in total. The van der Waals surface area contributed by atoms with Gasteiger partial charge in [-0.25, -0.2) is 18.2 Å². The molecule has 1 aromatic heterocycles. The molecule has 4 heterocycles. The lowest BCUT2D eigenvalue weighted by atomic mass is 9.87. The first-order valence-electron chi connectivity index (χ1n) is 19.0. The number of sulfonamides is 1. The van der Waals surface area contributed by atoms with E-state index in [9.17, 15) is 45.9 Å². The van der Waals surface area contributed by atoms with Gasteiger partial charge in [0.15, 0.2) is 11.4 Å². The Morgan fingerprint density at radius 1 is 1.14 bits per heavy atom. The highest BCUT2D eigenvalue weighted by molar-refractivity contribution is 7.91. The van der Waals surface area contributed by atoms with E-state index in [2.05, 4.69) is 15.0 Å². The van der Waals surface area contributed by atoms with E-state index in [0.29, 0.717) is 43.9 Å². The Balaban J connectivity index is 1.30. The molecule has 7 rings (SSSR count).